The number of nitrogens with two attached hydrogens (primary N) is 1. The molecule has 4 rings (SSSR count). The number of rotatable bonds is 18. The fourth-order valence-corrected chi connectivity index (χ4v) is 4.65. The zero-order valence-corrected chi connectivity index (χ0v) is 24.2. The summed E-state index contributed by atoms with van der Waals surface area (Å²) in [7, 11) is 0. The number of carbonyl (C=O) groups is 1. The number of pyridine rings is 1. The zero-order valence-electron chi connectivity index (χ0n) is 24.2. The number of benzene rings is 1. The molecule has 12 heteroatoms. The molecule has 0 aliphatic heterocycles. The summed E-state index contributed by atoms with van der Waals surface area (Å²) in [5.41, 5.74) is 8.17. The van der Waals surface area contributed by atoms with Gasteiger partial charge in [-0.05, 0) is 54.2 Å². The molecule has 0 spiro atoms. The fraction of sp³-hybridized carbons (Fsp3) is 0.500. The van der Waals surface area contributed by atoms with E-state index in [-0.39, 0.29) is 12.3 Å². The molecular weight excluding hydrogens is 534 g/mol. The summed E-state index contributed by atoms with van der Waals surface area (Å²) in [5.74, 6) is 2.03. The van der Waals surface area contributed by atoms with Gasteiger partial charge in [0.05, 0.1) is 32.8 Å². The predicted molar refractivity (Wildman–Crippen MR) is 164 cm³/mol. The second-order valence-corrected chi connectivity index (χ2v) is 10.3. The molecule has 3 aromatic rings. The highest BCUT2D eigenvalue weighted by molar-refractivity contribution is 5.78. The van der Waals surface area contributed by atoms with Crippen molar-refractivity contribution in [2.75, 3.05) is 62.0 Å². The summed E-state index contributed by atoms with van der Waals surface area (Å²) in [6.07, 6.45) is 10.2. The third-order valence-corrected chi connectivity index (χ3v) is 6.89. The van der Waals surface area contributed by atoms with Crippen molar-refractivity contribution in [3.63, 3.8) is 0 Å². The van der Waals surface area contributed by atoms with E-state index < -0.39 is 0 Å². The molecule has 6 N–H and O–H groups in total. The summed E-state index contributed by atoms with van der Waals surface area (Å²) in [6, 6.07) is 11.6. The highest BCUT2D eigenvalue weighted by Crippen LogP contribution is 2.24. The molecule has 0 bridgehead atoms. The van der Waals surface area contributed by atoms with E-state index in [2.05, 4.69) is 41.2 Å². The maximum atomic E-state index is 12.3. The lowest BCUT2D eigenvalue weighted by Gasteiger charge is -2.21. The van der Waals surface area contributed by atoms with Gasteiger partial charge >= 0.3 is 0 Å². The Morgan fingerprint density at radius 3 is 2.24 bits per heavy atom. The van der Waals surface area contributed by atoms with Gasteiger partial charge in [-0.2, -0.15) is 15.0 Å². The van der Waals surface area contributed by atoms with E-state index in [1.54, 1.807) is 12.4 Å². The number of nitrogens with zero attached hydrogens (tertiary/aromatic N) is 4. The topological polar surface area (TPSA) is 161 Å². The van der Waals surface area contributed by atoms with Crippen LogP contribution in [0.3, 0.4) is 0 Å². The molecule has 0 atom stereocenters. The van der Waals surface area contributed by atoms with Crippen LogP contribution in [0.2, 0.25) is 0 Å². The Morgan fingerprint density at radius 1 is 0.810 bits per heavy atom. The molecule has 226 valence electrons. The number of nitrogens with one attached hydrogen (secondary N) is 4. The lowest BCUT2D eigenvalue weighted by molar-refractivity contribution is -0.120. The van der Waals surface area contributed by atoms with E-state index in [4.69, 9.17) is 15.2 Å². The molecule has 1 fully saturated rings. The van der Waals surface area contributed by atoms with Crippen molar-refractivity contribution < 1.29 is 14.3 Å². The fourth-order valence-electron chi connectivity index (χ4n) is 4.65. The molecule has 1 saturated carbocycles. The van der Waals surface area contributed by atoms with Crippen LogP contribution >= 0.6 is 0 Å². The third kappa shape index (κ3) is 11.6. The van der Waals surface area contributed by atoms with Gasteiger partial charge in [-0.15, -0.1) is 0 Å². The van der Waals surface area contributed by atoms with Gasteiger partial charge < -0.3 is 36.5 Å². The minimum absolute atomic E-state index is 0.0604. The Balaban J connectivity index is 1.29. The average Bonchev–Trinajstić information content (AvgIpc) is 3.02. The molecule has 0 unspecified atom stereocenters. The number of hydrogen-bond acceptors (Lipinski definition) is 11. The van der Waals surface area contributed by atoms with Gasteiger partial charge in [-0.1, -0.05) is 31.4 Å². The van der Waals surface area contributed by atoms with E-state index >= 15 is 0 Å². The Hall–Kier alpha value is -3.87. The lowest BCUT2D eigenvalue weighted by atomic mass is 9.89. The number of hydrogen-bond donors (Lipinski definition) is 5. The zero-order chi connectivity index (χ0) is 29.2. The standard InChI is InChI=1S/C30H43N9O3/c31-12-16-41-18-19-42-17-15-33-27(40)20-23-6-8-26(9-7-23)36-30-38-28(34-21-24-4-2-1-3-5-24)37-29(39-30)35-22-25-10-13-32-14-11-25/h6-11,13-14,24H,1-5,12,15-22,31H2,(H,33,40)(H3,34,35,36,37,38,39). The first kappa shape index (κ1) is 31.1. The molecule has 0 saturated heterocycles. The first-order chi connectivity index (χ1) is 20.7. The molecule has 42 heavy (non-hydrogen) atoms. The van der Waals surface area contributed by atoms with Gasteiger partial charge in [0.2, 0.25) is 23.8 Å². The molecule has 0 radical (unpaired) electrons. The van der Waals surface area contributed by atoms with Gasteiger partial charge in [0, 0.05) is 44.3 Å². The van der Waals surface area contributed by atoms with Crippen molar-refractivity contribution in [1.82, 2.24) is 25.3 Å². The predicted octanol–water partition coefficient (Wildman–Crippen LogP) is 3.27. The molecule has 1 aliphatic carbocycles. The van der Waals surface area contributed by atoms with Crippen molar-refractivity contribution in [3.05, 3.63) is 59.9 Å². The van der Waals surface area contributed by atoms with Gasteiger partial charge in [-0.25, -0.2) is 0 Å². The van der Waals surface area contributed by atoms with Gasteiger partial charge in [-0.3, -0.25) is 9.78 Å². The molecular formula is C30H43N9O3. The summed E-state index contributed by atoms with van der Waals surface area (Å²) < 4.78 is 10.7. The Morgan fingerprint density at radius 2 is 1.50 bits per heavy atom. The Kier molecular flexibility index (Phi) is 13.2. The quantitative estimate of drug-likeness (QED) is 0.141. The molecule has 1 aliphatic rings. The highest BCUT2D eigenvalue weighted by Gasteiger charge is 2.15. The second-order valence-electron chi connectivity index (χ2n) is 10.3. The van der Waals surface area contributed by atoms with Gasteiger partial charge in [0.1, 0.15) is 0 Å². The smallest absolute Gasteiger partial charge is 0.233 e. The first-order valence-electron chi connectivity index (χ1n) is 14.8. The van der Waals surface area contributed by atoms with Crippen LogP contribution in [0.25, 0.3) is 0 Å². The summed E-state index contributed by atoms with van der Waals surface area (Å²) in [6.45, 7) is 4.29. The lowest BCUT2D eigenvalue weighted by Crippen LogP contribution is -2.29. The Bertz CT molecular complexity index is 1190. The number of amides is 1. The highest BCUT2D eigenvalue weighted by atomic mass is 16.5. The van der Waals surface area contributed by atoms with Crippen LogP contribution in [0.15, 0.2) is 48.8 Å². The molecule has 1 amide bonds. The Labute approximate surface area is 247 Å². The second kappa shape index (κ2) is 17.8. The van der Waals surface area contributed by atoms with Crippen LogP contribution in [-0.4, -0.2) is 71.9 Å². The van der Waals surface area contributed by atoms with Crippen molar-refractivity contribution in [3.8, 4) is 0 Å². The molecule has 2 aromatic heterocycles. The van der Waals surface area contributed by atoms with Crippen molar-refractivity contribution in [2.45, 2.75) is 45.1 Å². The average molecular weight is 578 g/mol. The summed E-state index contributed by atoms with van der Waals surface area (Å²) >= 11 is 0. The van der Waals surface area contributed by atoms with Crippen LogP contribution in [0.1, 0.15) is 43.2 Å². The van der Waals surface area contributed by atoms with Crippen LogP contribution < -0.4 is 27.0 Å². The van der Waals surface area contributed by atoms with Crippen molar-refractivity contribution in [2.24, 2.45) is 11.7 Å². The van der Waals surface area contributed by atoms with Crippen molar-refractivity contribution >= 4 is 29.4 Å². The summed E-state index contributed by atoms with van der Waals surface area (Å²) in [4.78, 5) is 30.2. The van der Waals surface area contributed by atoms with Gasteiger partial charge in [0.15, 0.2) is 0 Å². The SMILES string of the molecule is NCCOCCOCCNC(=O)Cc1ccc(Nc2nc(NCc3ccncc3)nc(NCC3CCCCC3)n2)cc1. The molecule has 12 nitrogen and oxygen atoms in total. The maximum Gasteiger partial charge on any atom is 0.233 e. The largest absolute Gasteiger partial charge is 0.378 e. The minimum Gasteiger partial charge on any atom is -0.378 e. The van der Waals surface area contributed by atoms with E-state index in [1.165, 1.54) is 32.1 Å². The van der Waals surface area contributed by atoms with E-state index in [1.807, 2.05) is 36.4 Å². The third-order valence-electron chi connectivity index (χ3n) is 6.89. The molecule has 1 aromatic carbocycles. The van der Waals surface area contributed by atoms with E-state index in [0.29, 0.717) is 69.8 Å². The van der Waals surface area contributed by atoms with Crippen LogP contribution in [-0.2, 0) is 27.2 Å². The van der Waals surface area contributed by atoms with Crippen LogP contribution in [0.4, 0.5) is 23.5 Å². The number of aromatic nitrogens is 4. The normalized spacial score (nSPS) is 13.5. The summed E-state index contributed by atoms with van der Waals surface area (Å²) in [5, 5.41) is 12.9. The van der Waals surface area contributed by atoms with Crippen molar-refractivity contribution in [1.29, 1.82) is 0 Å². The van der Waals surface area contributed by atoms with E-state index in [9.17, 15) is 4.79 Å². The monoisotopic (exact) mass is 577 g/mol. The molecule has 2 heterocycles. The minimum atomic E-state index is -0.0604. The number of carbonyl (C=O) groups excluding carboxylic acids is 1. The van der Waals surface area contributed by atoms with Crippen LogP contribution in [0.5, 0.6) is 0 Å². The van der Waals surface area contributed by atoms with E-state index in [0.717, 1.165) is 23.4 Å². The first-order valence-corrected chi connectivity index (χ1v) is 14.8. The maximum absolute atomic E-state index is 12.3. The number of anilines is 4. The van der Waals surface area contributed by atoms with Crippen LogP contribution in [0, 0.1) is 5.92 Å². The number of ether oxygens (including phenoxy) is 2. The van der Waals surface area contributed by atoms with Gasteiger partial charge in [0.25, 0.3) is 0 Å².